The van der Waals surface area contributed by atoms with Crippen LogP contribution >= 0.6 is 0 Å². The number of carbonyl (C=O) groups excluding carboxylic acids is 2. The van der Waals surface area contributed by atoms with Crippen molar-refractivity contribution in [3.63, 3.8) is 0 Å². The van der Waals surface area contributed by atoms with Crippen molar-refractivity contribution in [1.29, 1.82) is 0 Å². The molecule has 0 unspecified atom stereocenters. The third kappa shape index (κ3) is 4.23. The van der Waals surface area contributed by atoms with E-state index < -0.39 is 5.97 Å². The molecule has 0 aliphatic carbocycles. The van der Waals surface area contributed by atoms with E-state index in [9.17, 15) is 9.59 Å². The number of Topliss-reactive ketones (excluding diaryl/α,β-unsaturated/α-hetero) is 1. The van der Waals surface area contributed by atoms with Gasteiger partial charge in [0.2, 0.25) is 11.5 Å². The van der Waals surface area contributed by atoms with Crippen LogP contribution in [0.15, 0.2) is 54.6 Å². The molecule has 1 aliphatic rings. The summed E-state index contributed by atoms with van der Waals surface area (Å²) in [5.41, 5.74) is 2.00. The van der Waals surface area contributed by atoms with E-state index >= 15 is 0 Å². The standard InChI is InChI=1S/C25H21NO7/c1-14-8-17(32-25(28)16-10-20(29-2)24(31-4)21(11-16)30-3)12-18-22(14)23(27)19(33-18)9-15-6-5-7-26-13-15/h5-13H,1-4H3/b19-9-. The topological polar surface area (TPSA) is 93.2 Å². The van der Waals surface area contributed by atoms with Crippen LogP contribution in [-0.4, -0.2) is 38.1 Å². The molecule has 0 bridgehead atoms. The number of hydrogen-bond donors (Lipinski definition) is 0. The van der Waals surface area contributed by atoms with Gasteiger partial charge in [0.1, 0.15) is 11.5 Å². The zero-order chi connectivity index (χ0) is 23.5. The van der Waals surface area contributed by atoms with Crippen molar-refractivity contribution in [2.45, 2.75) is 6.92 Å². The molecule has 0 saturated heterocycles. The predicted octanol–water partition coefficient (Wildman–Crippen LogP) is 4.25. The second-order valence-electron chi connectivity index (χ2n) is 7.14. The van der Waals surface area contributed by atoms with Crippen LogP contribution in [0.3, 0.4) is 0 Å². The molecule has 0 N–H and O–H groups in total. The number of ether oxygens (including phenoxy) is 5. The highest BCUT2D eigenvalue weighted by molar-refractivity contribution is 6.15. The Bertz CT molecular complexity index is 1240. The number of rotatable bonds is 6. The van der Waals surface area contributed by atoms with Crippen molar-refractivity contribution >= 4 is 17.8 Å². The number of esters is 1. The normalized spacial score (nSPS) is 13.3. The van der Waals surface area contributed by atoms with Crippen LogP contribution < -0.4 is 23.7 Å². The number of carbonyl (C=O) groups is 2. The minimum absolute atomic E-state index is 0.175. The van der Waals surface area contributed by atoms with Crippen LogP contribution in [0, 0.1) is 6.92 Å². The lowest BCUT2D eigenvalue weighted by molar-refractivity contribution is 0.0733. The van der Waals surface area contributed by atoms with Crippen LogP contribution in [0.4, 0.5) is 0 Å². The van der Waals surface area contributed by atoms with Gasteiger partial charge < -0.3 is 23.7 Å². The number of allylic oxidation sites excluding steroid dienone is 1. The molecule has 33 heavy (non-hydrogen) atoms. The first-order valence-corrected chi connectivity index (χ1v) is 9.96. The molecule has 0 atom stereocenters. The lowest BCUT2D eigenvalue weighted by atomic mass is 10.0. The Hall–Kier alpha value is -4.33. The maximum atomic E-state index is 12.8. The van der Waals surface area contributed by atoms with Crippen molar-refractivity contribution in [1.82, 2.24) is 4.98 Å². The van der Waals surface area contributed by atoms with Gasteiger partial charge in [-0.3, -0.25) is 9.78 Å². The van der Waals surface area contributed by atoms with Gasteiger partial charge in [-0.2, -0.15) is 0 Å². The molecule has 0 fully saturated rings. The van der Waals surface area contributed by atoms with Gasteiger partial charge >= 0.3 is 5.97 Å². The average molecular weight is 447 g/mol. The summed E-state index contributed by atoms with van der Waals surface area (Å²) in [6, 6.07) is 9.71. The fourth-order valence-corrected chi connectivity index (χ4v) is 3.51. The Morgan fingerprint density at radius 2 is 1.76 bits per heavy atom. The van der Waals surface area contributed by atoms with Crippen molar-refractivity contribution in [3.8, 4) is 28.7 Å². The quantitative estimate of drug-likeness (QED) is 0.315. The van der Waals surface area contributed by atoms with Crippen molar-refractivity contribution in [3.05, 3.63) is 76.8 Å². The van der Waals surface area contributed by atoms with Crippen molar-refractivity contribution in [2.24, 2.45) is 0 Å². The van der Waals surface area contributed by atoms with Crippen molar-refractivity contribution < 1.29 is 33.3 Å². The molecule has 2 aromatic carbocycles. The summed E-state index contributed by atoms with van der Waals surface area (Å²) < 4.78 is 27.2. The summed E-state index contributed by atoms with van der Waals surface area (Å²) in [5.74, 6) is 0.876. The summed E-state index contributed by atoms with van der Waals surface area (Å²) in [7, 11) is 4.40. The third-order valence-corrected chi connectivity index (χ3v) is 5.04. The molecule has 0 amide bonds. The average Bonchev–Trinajstić information content (AvgIpc) is 3.13. The molecule has 8 nitrogen and oxygen atoms in total. The van der Waals surface area contributed by atoms with E-state index in [-0.39, 0.29) is 22.9 Å². The van der Waals surface area contributed by atoms with Crippen LogP contribution in [0.2, 0.25) is 0 Å². The van der Waals surface area contributed by atoms with Crippen molar-refractivity contribution in [2.75, 3.05) is 21.3 Å². The highest BCUT2D eigenvalue weighted by Gasteiger charge is 2.30. The molecule has 4 rings (SSSR count). The number of methoxy groups -OCH3 is 3. The van der Waals surface area contributed by atoms with Gasteiger partial charge in [0.25, 0.3) is 0 Å². The number of benzene rings is 2. The molecular weight excluding hydrogens is 426 g/mol. The molecule has 168 valence electrons. The summed E-state index contributed by atoms with van der Waals surface area (Å²) in [4.78, 5) is 29.7. The van der Waals surface area contributed by atoms with Crippen LogP contribution in [0.25, 0.3) is 6.08 Å². The van der Waals surface area contributed by atoms with Gasteiger partial charge in [0.15, 0.2) is 17.3 Å². The first kappa shape index (κ1) is 21.9. The van der Waals surface area contributed by atoms with Crippen LogP contribution in [0.1, 0.15) is 31.8 Å². The number of aromatic nitrogens is 1. The van der Waals surface area contributed by atoms with Gasteiger partial charge in [0.05, 0.1) is 32.5 Å². The predicted molar refractivity (Wildman–Crippen MR) is 119 cm³/mol. The fraction of sp³-hybridized carbons (Fsp3) is 0.160. The second-order valence-corrected chi connectivity index (χ2v) is 7.14. The zero-order valence-electron chi connectivity index (χ0n) is 18.5. The Labute approximate surface area is 190 Å². The summed E-state index contributed by atoms with van der Waals surface area (Å²) in [6.07, 6.45) is 4.90. The number of fused-ring (bicyclic) bond motifs is 1. The van der Waals surface area contributed by atoms with E-state index in [1.165, 1.54) is 39.5 Å². The fourth-order valence-electron chi connectivity index (χ4n) is 3.51. The Kier molecular flexibility index (Phi) is 5.99. The molecule has 0 saturated carbocycles. The summed E-state index contributed by atoms with van der Waals surface area (Å²) in [6.45, 7) is 1.75. The number of ketones is 1. The summed E-state index contributed by atoms with van der Waals surface area (Å²) in [5, 5.41) is 0. The van der Waals surface area contributed by atoms with Gasteiger partial charge in [-0.25, -0.2) is 4.79 Å². The minimum atomic E-state index is -0.635. The van der Waals surface area contributed by atoms with E-state index in [2.05, 4.69) is 4.98 Å². The van der Waals surface area contributed by atoms with Gasteiger partial charge in [-0.05, 0) is 48.4 Å². The second kappa shape index (κ2) is 9.04. The number of pyridine rings is 1. The monoisotopic (exact) mass is 447 g/mol. The highest BCUT2D eigenvalue weighted by Crippen LogP contribution is 2.40. The lowest BCUT2D eigenvalue weighted by Gasteiger charge is -2.14. The largest absolute Gasteiger partial charge is 0.493 e. The van der Waals surface area contributed by atoms with Gasteiger partial charge in [-0.1, -0.05) is 6.07 Å². The van der Waals surface area contributed by atoms with E-state index in [0.29, 0.717) is 34.1 Å². The molecule has 0 spiro atoms. The van der Waals surface area contributed by atoms with Crippen LogP contribution in [-0.2, 0) is 0 Å². The number of nitrogens with zero attached hydrogens (tertiary/aromatic N) is 1. The molecular formula is C25H21NO7. The molecule has 3 aromatic rings. The number of hydrogen-bond acceptors (Lipinski definition) is 8. The SMILES string of the molecule is COc1cc(C(=O)Oc2cc(C)c3c(c2)O/C(=C\c2cccnc2)C3=O)cc(OC)c1OC. The van der Waals surface area contributed by atoms with Gasteiger partial charge in [-0.15, -0.1) is 0 Å². The maximum absolute atomic E-state index is 12.8. The first-order valence-electron chi connectivity index (χ1n) is 9.96. The Morgan fingerprint density at radius 1 is 1.03 bits per heavy atom. The van der Waals surface area contributed by atoms with E-state index in [0.717, 1.165) is 5.56 Å². The molecule has 2 heterocycles. The van der Waals surface area contributed by atoms with E-state index in [4.69, 9.17) is 23.7 Å². The Morgan fingerprint density at radius 3 is 2.36 bits per heavy atom. The minimum Gasteiger partial charge on any atom is -0.493 e. The lowest BCUT2D eigenvalue weighted by Crippen LogP contribution is -2.10. The number of aryl methyl sites for hydroxylation is 1. The molecule has 1 aliphatic heterocycles. The molecule has 0 radical (unpaired) electrons. The zero-order valence-corrected chi connectivity index (χ0v) is 18.5. The molecule has 8 heteroatoms. The third-order valence-electron chi connectivity index (χ3n) is 5.04. The van der Waals surface area contributed by atoms with E-state index in [1.54, 1.807) is 37.5 Å². The highest BCUT2D eigenvalue weighted by atomic mass is 16.5. The summed E-state index contributed by atoms with van der Waals surface area (Å²) >= 11 is 0. The van der Waals surface area contributed by atoms with E-state index in [1.807, 2.05) is 6.07 Å². The van der Waals surface area contributed by atoms with Crippen LogP contribution in [0.5, 0.6) is 28.7 Å². The Balaban J connectivity index is 1.62. The maximum Gasteiger partial charge on any atom is 0.343 e. The smallest absolute Gasteiger partial charge is 0.343 e. The molecule has 1 aromatic heterocycles. The first-order chi connectivity index (χ1) is 15.9. The van der Waals surface area contributed by atoms with Gasteiger partial charge in [0, 0.05) is 18.5 Å².